The van der Waals surface area contributed by atoms with Gasteiger partial charge in [-0.05, 0) is 36.4 Å². The third-order valence-electron chi connectivity index (χ3n) is 3.56. The number of hydrogen-bond acceptors (Lipinski definition) is 6. The highest BCUT2D eigenvalue weighted by Gasteiger charge is 2.15. The van der Waals surface area contributed by atoms with Crippen molar-refractivity contribution in [3.05, 3.63) is 68.5 Å². The Balaban J connectivity index is 1.59. The maximum atomic E-state index is 12.0. The highest BCUT2D eigenvalue weighted by atomic mass is 35.5. The molecule has 27 heavy (non-hydrogen) atoms. The third-order valence-corrected chi connectivity index (χ3v) is 4.13. The van der Waals surface area contributed by atoms with E-state index < -0.39 is 4.92 Å². The Morgan fingerprint density at radius 1 is 1.19 bits per heavy atom. The van der Waals surface area contributed by atoms with Gasteiger partial charge >= 0.3 is 0 Å². The number of aromatic nitrogens is 2. The molecular weight excluding hydrogens is 395 g/mol. The first-order valence-electron chi connectivity index (χ1n) is 7.74. The van der Waals surface area contributed by atoms with Crippen LogP contribution in [0.4, 0.5) is 11.4 Å². The van der Waals surface area contributed by atoms with Crippen LogP contribution in [0, 0.1) is 10.1 Å². The van der Waals surface area contributed by atoms with Crippen LogP contribution >= 0.6 is 23.2 Å². The second-order valence-corrected chi connectivity index (χ2v) is 6.33. The molecule has 0 saturated heterocycles. The molecule has 10 heteroatoms. The van der Waals surface area contributed by atoms with E-state index in [1.54, 1.807) is 24.3 Å². The van der Waals surface area contributed by atoms with Crippen LogP contribution in [0.2, 0.25) is 10.0 Å². The van der Waals surface area contributed by atoms with E-state index >= 15 is 0 Å². The number of amides is 1. The number of benzene rings is 2. The molecule has 3 rings (SSSR count). The molecule has 0 atom stereocenters. The molecule has 1 aromatic heterocycles. The first-order chi connectivity index (χ1) is 12.9. The Morgan fingerprint density at radius 2 is 1.93 bits per heavy atom. The summed E-state index contributed by atoms with van der Waals surface area (Å²) >= 11 is 11.6. The molecule has 1 heterocycles. The van der Waals surface area contributed by atoms with Crippen molar-refractivity contribution in [3.63, 3.8) is 0 Å². The number of aryl methyl sites for hydroxylation is 1. The van der Waals surface area contributed by atoms with Crippen LogP contribution in [-0.2, 0) is 11.2 Å². The fourth-order valence-corrected chi connectivity index (χ4v) is 2.56. The maximum Gasteiger partial charge on any atom is 0.289 e. The van der Waals surface area contributed by atoms with E-state index in [1.165, 1.54) is 18.2 Å². The van der Waals surface area contributed by atoms with Gasteiger partial charge in [0.1, 0.15) is 5.02 Å². The second-order valence-electron chi connectivity index (χ2n) is 5.49. The number of hydrogen-bond donors (Lipinski definition) is 1. The molecule has 0 aliphatic rings. The highest BCUT2D eigenvalue weighted by Crippen LogP contribution is 2.27. The molecule has 0 fully saturated rings. The minimum Gasteiger partial charge on any atom is -0.339 e. The molecule has 0 spiro atoms. The van der Waals surface area contributed by atoms with Crippen molar-refractivity contribution in [3.8, 4) is 11.4 Å². The summed E-state index contributed by atoms with van der Waals surface area (Å²) in [6, 6.07) is 11.0. The van der Waals surface area contributed by atoms with Crippen LogP contribution in [0.5, 0.6) is 0 Å². The number of carbonyl (C=O) groups is 1. The van der Waals surface area contributed by atoms with E-state index in [0.29, 0.717) is 16.7 Å². The Kier molecular flexibility index (Phi) is 5.68. The summed E-state index contributed by atoms with van der Waals surface area (Å²) in [5, 5.41) is 17.9. The first kappa shape index (κ1) is 18.8. The van der Waals surface area contributed by atoms with Crippen LogP contribution in [0.3, 0.4) is 0 Å². The van der Waals surface area contributed by atoms with Gasteiger partial charge in [-0.25, -0.2) is 0 Å². The van der Waals surface area contributed by atoms with E-state index in [1.807, 2.05) is 0 Å². The van der Waals surface area contributed by atoms with Crippen LogP contribution in [0.1, 0.15) is 12.3 Å². The van der Waals surface area contributed by atoms with E-state index in [-0.39, 0.29) is 35.1 Å². The van der Waals surface area contributed by atoms with Gasteiger partial charge < -0.3 is 9.84 Å². The number of nitro groups is 1. The zero-order valence-electron chi connectivity index (χ0n) is 13.7. The molecule has 2 aromatic carbocycles. The lowest BCUT2D eigenvalue weighted by molar-refractivity contribution is -0.384. The number of anilines is 1. The lowest BCUT2D eigenvalue weighted by atomic mass is 10.2. The van der Waals surface area contributed by atoms with E-state index in [2.05, 4.69) is 15.5 Å². The molecule has 138 valence electrons. The number of halogens is 2. The molecule has 0 unspecified atom stereocenters. The molecule has 0 bridgehead atoms. The molecular formula is C17H12Cl2N4O4. The van der Waals surface area contributed by atoms with Crippen LogP contribution in [0.15, 0.2) is 47.0 Å². The average Bonchev–Trinajstić information content (AvgIpc) is 3.11. The SMILES string of the molecule is O=C(CCc1nc(-c2ccc(Cl)cc2)no1)Nc1ccc(Cl)c([N+](=O)[O-])c1. The molecule has 1 N–H and O–H groups in total. The van der Waals surface area contributed by atoms with Gasteiger partial charge in [0.2, 0.25) is 17.6 Å². The molecule has 1 amide bonds. The Hall–Kier alpha value is -2.97. The molecule has 8 nitrogen and oxygen atoms in total. The molecule has 0 radical (unpaired) electrons. The van der Waals surface area contributed by atoms with Crippen molar-refractivity contribution in [1.29, 1.82) is 0 Å². The minimum absolute atomic E-state index is 0.00131. The van der Waals surface area contributed by atoms with Crippen molar-refractivity contribution in [2.75, 3.05) is 5.32 Å². The van der Waals surface area contributed by atoms with Crippen molar-refractivity contribution < 1.29 is 14.2 Å². The summed E-state index contributed by atoms with van der Waals surface area (Å²) in [7, 11) is 0. The normalized spacial score (nSPS) is 10.6. The lowest BCUT2D eigenvalue weighted by Gasteiger charge is -2.04. The van der Waals surface area contributed by atoms with E-state index in [0.717, 1.165) is 5.56 Å². The third kappa shape index (κ3) is 4.81. The summed E-state index contributed by atoms with van der Waals surface area (Å²) in [5.74, 6) is 0.352. The molecule has 3 aromatic rings. The van der Waals surface area contributed by atoms with Gasteiger partial charge in [-0.3, -0.25) is 14.9 Å². The second kappa shape index (κ2) is 8.15. The number of nitro benzene ring substituents is 1. The summed E-state index contributed by atoms with van der Waals surface area (Å²) in [6.45, 7) is 0. The smallest absolute Gasteiger partial charge is 0.289 e. The average molecular weight is 407 g/mol. The number of nitrogens with one attached hydrogen (secondary N) is 1. The summed E-state index contributed by atoms with van der Waals surface area (Å²) < 4.78 is 5.14. The molecule has 0 aliphatic carbocycles. The van der Waals surface area contributed by atoms with Gasteiger partial charge in [0.05, 0.1) is 4.92 Å². The zero-order chi connectivity index (χ0) is 19.4. The van der Waals surface area contributed by atoms with Crippen LogP contribution in [-0.4, -0.2) is 21.0 Å². The monoisotopic (exact) mass is 406 g/mol. The quantitative estimate of drug-likeness (QED) is 0.475. The van der Waals surface area contributed by atoms with Crippen molar-refractivity contribution >= 4 is 40.5 Å². The fourth-order valence-electron chi connectivity index (χ4n) is 2.25. The van der Waals surface area contributed by atoms with Gasteiger partial charge in [0.25, 0.3) is 5.69 Å². The molecule has 0 aliphatic heterocycles. The predicted molar refractivity (Wildman–Crippen MR) is 99.8 cm³/mol. The van der Waals surface area contributed by atoms with Gasteiger partial charge in [0, 0.05) is 35.2 Å². The Bertz CT molecular complexity index is 989. The fraction of sp³-hybridized carbons (Fsp3) is 0.118. The van der Waals surface area contributed by atoms with Gasteiger partial charge in [-0.2, -0.15) is 4.98 Å². The standard InChI is InChI=1S/C17H12Cl2N4O4/c18-11-3-1-10(2-4-11)17-21-16(27-22-17)8-7-15(24)20-12-5-6-13(19)14(9-12)23(25)26/h1-6,9H,7-8H2,(H,20,24). The van der Waals surface area contributed by atoms with Gasteiger partial charge in [-0.15, -0.1) is 0 Å². The van der Waals surface area contributed by atoms with Crippen LogP contribution in [0.25, 0.3) is 11.4 Å². The van der Waals surface area contributed by atoms with Crippen molar-refractivity contribution in [2.45, 2.75) is 12.8 Å². The van der Waals surface area contributed by atoms with Gasteiger partial charge in [0.15, 0.2) is 0 Å². The zero-order valence-corrected chi connectivity index (χ0v) is 15.2. The molecule has 0 saturated carbocycles. The summed E-state index contributed by atoms with van der Waals surface area (Å²) in [6.07, 6.45) is 0.292. The Labute approximate surface area is 163 Å². The minimum atomic E-state index is -0.616. The van der Waals surface area contributed by atoms with E-state index in [9.17, 15) is 14.9 Å². The lowest BCUT2D eigenvalue weighted by Crippen LogP contribution is -2.12. The maximum absolute atomic E-state index is 12.0. The number of nitrogens with zero attached hydrogens (tertiary/aromatic N) is 3. The van der Waals surface area contributed by atoms with Gasteiger partial charge in [-0.1, -0.05) is 28.4 Å². The number of rotatable bonds is 6. The predicted octanol–water partition coefficient (Wildman–Crippen LogP) is 4.52. The van der Waals surface area contributed by atoms with Crippen molar-refractivity contribution in [2.24, 2.45) is 0 Å². The largest absolute Gasteiger partial charge is 0.339 e. The van der Waals surface area contributed by atoms with E-state index in [4.69, 9.17) is 27.7 Å². The number of carbonyl (C=O) groups excluding carboxylic acids is 1. The van der Waals surface area contributed by atoms with Crippen molar-refractivity contribution in [1.82, 2.24) is 10.1 Å². The summed E-state index contributed by atoms with van der Waals surface area (Å²) in [4.78, 5) is 26.5. The topological polar surface area (TPSA) is 111 Å². The first-order valence-corrected chi connectivity index (χ1v) is 8.50. The summed E-state index contributed by atoms with van der Waals surface area (Å²) in [5.41, 5.74) is 0.745. The van der Waals surface area contributed by atoms with Crippen LogP contribution < -0.4 is 5.32 Å². The Morgan fingerprint density at radius 3 is 2.63 bits per heavy atom. The highest BCUT2D eigenvalue weighted by molar-refractivity contribution is 6.32.